The number of nitrogens with one attached hydrogen (secondary N) is 1. The minimum atomic E-state index is -0.798. The Kier molecular flexibility index (Phi) is 4.84. The Morgan fingerprint density at radius 2 is 1.77 bits per heavy atom. The summed E-state index contributed by atoms with van der Waals surface area (Å²) in [6.45, 7) is 0. The van der Waals surface area contributed by atoms with Crippen molar-refractivity contribution < 1.29 is 0 Å². The highest BCUT2D eigenvalue weighted by molar-refractivity contribution is 7.99. The zero-order valence-electron chi connectivity index (χ0n) is 13.4. The lowest BCUT2D eigenvalue weighted by Gasteiger charge is -2.08. The van der Waals surface area contributed by atoms with Crippen LogP contribution in [0.15, 0.2) is 66.6 Å². The molecule has 0 saturated heterocycles. The summed E-state index contributed by atoms with van der Waals surface area (Å²) in [6.07, 6.45) is 0. The molecular formula is C17H11ClN4O3S. The van der Waals surface area contributed by atoms with Crippen LogP contribution in [-0.2, 0) is 7.05 Å². The van der Waals surface area contributed by atoms with Crippen LogP contribution in [0.3, 0.4) is 0 Å². The minimum absolute atomic E-state index is 0.335. The third-order valence-corrected chi connectivity index (χ3v) is 5.09. The molecule has 0 spiro atoms. The van der Waals surface area contributed by atoms with Crippen LogP contribution in [0.4, 0.5) is 0 Å². The van der Waals surface area contributed by atoms with E-state index in [1.807, 2.05) is 6.07 Å². The van der Waals surface area contributed by atoms with Crippen molar-refractivity contribution in [2.24, 2.45) is 7.05 Å². The maximum absolute atomic E-state index is 12.1. The van der Waals surface area contributed by atoms with Crippen molar-refractivity contribution in [3.63, 3.8) is 0 Å². The van der Waals surface area contributed by atoms with Crippen LogP contribution < -0.4 is 17.1 Å². The van der Waals surface area contributed by atoms with Gasteiger partial charge < -0.3 is 0 Å². The van der Waals surface area contributed by atoms with E-state index in [4.69, 9.17) is 16.9 Å². The van der Waals surface area contributed by atoms with Gasteiger partial charge in [-0.3, -0.25) is 4.98 Å². The molecule has 1 aromatic heterocycles. The fraction of sp³-hybridized carbons (Fsp3) is 0.0588. The summed E-state index contributed by atoms with van der Waals surface area (Å²) < 4.78 is 1.70. The minimum Gasteiger partial charge on any atom is -0.258 e. The molecule has 0 aliphatic carbocycles. The van der Waals surface area contributed by atoms with E-state index >= 15 is 0 Å². The van der Waals surface area contributed by atoms with E-state index in [2.05, 4.69) is 4.98 Å². The molecule has 1 N–H and O–H groups in total. The van der Waals surface area contributed by atoms with Gasteiger partial charge in [0, 0.05) is 16.8 Å². The highest BCUT2D eigenvalue weighted by atomic mass is 35.5. The number of hydrogen-bond acceptors (Lipinski definition) is 5. The van der Waals surface area contributed by atoms with Crippen LogP contribution in [-0.4, -0.2) is 14.1 Å². The van der Waals surface area contributed by atoms with Crippen LogP contribution in [0.2, 0.25) is 5.02 Å². The summed E-state index contributed by atoms with van der Waals surface area (Å²) in [5.41, 5.74) is -1.48. The smallest absolute Gasteiger partial charge is 0.258 e. The third-order valence-electron chi connectivity index (χ3n) is 3.58. The van der Waals surface area contributed by atoms with E-state index < -0.39 is 17.1 Å². The first-order valence-corrected chi connectivity index (χ1v) is 8.50. The van der Waals surface area contributed by atoms with Crippen LogP contribution in [0.25, 0.3) is 5.69 Å². The zero-order chi connectivity index (χ0) is 18.8. The second-order valence-electron chi connectivity index (χ2n) is 5.27. The molecule has 0 atom stereocenters. The molecule has 0 amide bonds. The molecule has 0 aliphatic rings. The number of aromatic nitrogens is 3. The Bertz CT molecular complexity index is 1200. The fourth-order valence-corrected chi connectivity index (χ4v) is 3.34. The van der Waals surface area contributed by atoms with Gasteiger partial charge in [0.15, 0.2) is 0 Å². The van der Waals surface area contributed by atoms with Crippen molar-refractivity contribution >= 4 is 23.4 Å². The normalized spacial score (nSPS) is 10.5. The number of H-pyrrole nitrogens is 1. The van der Waals surface area contributed by atoms with Crippen molar-refractivity contribution in [1.82, 2.24) is 14.1 Å². The summed E-state index contributed by atoms with van der Waals surface area (Å²) in [4.78, 5) is 39.2. The quantitative estimate of drug-likeness (QED) is 0.740. The predicted octanol–water partition coefficient (Wildman–Crippen LogP) is 1.90. The molecule has 26 heavy (non-hydrogen) atoms. The number of aromatic amines is 1. The first kappa shape index (κ1) is 17.8. The molecule has 1 heterocycles. The van der Waals surface area contributed by atoms with Gasteiger partial charge in [-0.1, -0.05) is 23.4 Å². The van der Waals surface area contributed by atoms with Crippen molar-refractivity contribution in [2.75, 3.05) is 0 Å². The molecule has 0 aliphatic heterocycles. The average Bonchev–Trinajstić information content (AvgIpc) is 2.63. The summed E-state index contributed by atoms with van der Waals surface area (Å²) in [6, 6.07) is 13.7. The summed E-state index contributed by atoms with van der Waals surface area (Å²) in [7, 11) is 1.29. The zero-order valence-corrected chi connectivity index (χ0v) is 15.0. The molecule has 9 heteroatoms. The average molecular weight is 387 g/mol. The standard InChI is InChI=1S/C17H11ClN4O3S/c1-21-15(23)20-16(24)22(17(21)25)11-3-5-12(6-4-11)26-14-7-2-10(9-19)8-13(14)18/h2-8H,1H3,(H,20,23,24). The highest BCUT2D eigenvalue weighted by Crippen LogP contribution is 2.33. The van der Waals surface area contributed by atoms with Crippen molar-refractivity contribution in [3.8, 4) is 11.8 Å². The monoisotopic (exact) mass is 386 g/mol. The van der Waals surface area contributed by atoms with E-state index in [1.54, 1.807) is 42.5 Å². The van der Waals surface area contributed by atoms with Gasteiger partial charge in [0.25, 0.3) is 0 Å². The lowest BCUT2D eigenvalue weighted by atomic mass is 10.2. The third kappa shape index (κ3) is 3.35. The Hall–Kier alpha value is -3.02. The molecule has 3 aromatic rings. The number of halogens is 1. The Morgan fingerprint density at radius 1 is 1.08 bits per heavy atom. The molecule has 7 nitrogen and oxygen atoms in total. The predicted molar refractivity (Wildman–Crippen MR) is 98.2 cm³/mol. The van der Waals surface area contributed by atoms with Crippen LogP contribution in [0.5, 0.6) is 0 Å². The van der Waals surface area contributed by atoms with Gasteiger partial charge in [-0.05, 0) is 42.5 Å². The van der Waals surface area contributed by atoms with Gasteiger partial charge in [0.2, 0.25) is 0 Å². The number of hydrogen-bond donors (Lipinski definition) is 1. The fourth-order valence-electron chi connectivity index (χ4n) is 2.23. The molecule has 130 valence electrons. The largest absolute Gasteiger partial charge is 0.340 e. The molecule has 0 bridgehead atoms. The second kappa shape index (κ2) is 7.07. The van der Waals surface area contributed by atoms with E-state index in [0.717, 1.165) is 18.9 Å². The van der Waals surface area contributed by atoms with Crippen LogP contribution in [0, 0.1) is 11.3 Å². The summed E-state index contributed by atoms with van der Waals surface area (Å²) >= 11 is 7.55. The van der Waals surface area contributed by atoms with E-state index in [0.29, 0.717) is 16.3 Å². The van der Waals surface area contributed by atoms with Crippen molar-refractivity contribution in [1.29, 1.82) is 5.26 Å². The van der Waals surface area contributed by atoms with E-state index in [-0.39, 0.29) is 0 Å². The van der Waals surface area contributed by atoms with Gasteiger partial charge in [0.1, 0.15) is 0 Å². The lowest BCUT2D eigenvalue weighted by molar-refractivity contribution is 0.660. The molecule has 0 radical (unpaired) electrons. The Balaban J connectivity index is 1.95. The first-order valence-electron chi connectivity index (χ1n) is 7.31. The molecule has 0 saturated carbocycles. The first-order chi connectivity index (χ1) is 12.4. The highest BCUT2D eigenvalue weighted by Gasteiger charge is 2.10. The molecular weight excluding hydrogens is 376 g/mol. The summed E-state index contributed by atoms with van der Waals surface area (Å²) in [5, 5.41) is 9.33. The second-order valence-corrected chi connectivity index (χ2v) is 6.79. The number of nitriles is 1. The van der Waals surface area contributed by atoms with Crippen LogP contribution >= 0.6 is 23.4 Å². The van der Waals surface area contributed by atoms with Gasteiger partial charge in [0.05, 0.1) is 22.3 Å². The maximum Gasteiger partial charge on any atom is 0.340 e. The van der Waals surface area contributed by atoms with Crippen LogP contribution in [0.1, 0.15) is 5.56 Å². The van der Waals surface area contributed by atoms with Crippen molar-refractivity contribution in [3.05, 3.63) is 84.5 Å². The summed E-state index contributed by atoms with van der Waals surface area (Å²) in [5.74, 6) is 0. The molecule has 0 fully saturated rings. The number of rotatable bonds is 3. The topological polar surface area (TPSA) is 101 Å². The lowest BCUT2D eigenvalue weighted by Crippen LogP contribution is -2.47. The van der Waals surface area contributed by atoms with Gasteiger partial charge in [-0.2, -0.15) is 5.26 Å². The van der Waals surface area contributed by atoms with Gasteiger partial charge in [-0.25, -0.2) is 23.5 Å². The van der Waals surface area contributed by atoms with Crippen molar-refractivity contribution in [2.45, 2.75) is 9.79 Å². The number of benzene rings is 2. The van der Waals surface area contributed by atoms with Gasteiger partial charge in [-0.15, -0.1) is 0 Å². The Labute approximate surface area is 156 Å². The van der Waals surface area contributed by atoms with Gasteiger partial charge >= 0.3 is 17.1 Å². The maximum atomic E-state index is 12.1. The number of nitrogens with zero attached hydrogens (tertiary/aromatic N) is 3. The molecule has 0 unspecified atom stereocenters. The van der Waals surface area contributed by atoms with E-state index in [9.17, 15) is 14.4 Å². The molecule has 3 rings (SSSR count). The Morgan fingerprint density at radius 3 is 2.38 bits per heavy atom. The molecule has 2 aromatic carbocycles. The van der Waals surface area contributed by atoms with E-state index in [1.165, 1.54) is 18.8 Å². The SMILES string of the molecule is Cn1c(=O)[nH]c(=O)n(-c2ccc(Sc3ccc(C#N)cc3Cl)cc2)c1=O.